The number of rotatable bonds is 5. The average Bonchev–Trinajstić information content (AvgIpc) is 2.30. The number of hydrogen-bond donors (Lipinski definition) is 1. The van der Waals surface area contributed by atoms with Gasteiger partial charge >= 0.3 is 0 Å². The van der Waals surface area contributed by atoms with Crippen LogP contribution in [0.25, 0.3) is 0 Å². The summed E-state index contributed by atoms with van der Waals surface area (Å²) in [6.07, 6.45) is 6.94. The Kier molecular flexibility index (Phi) is 5.46. The molecule has 1 N–H and O–H groups in total. The highest BCUT2D eigenvalue weighted by molar-refractivity contribution is 4.96. The molecule has 0 radical (unpaired) electrons. The van der Waals surface area contributed by atoms with Gasteiger partial charge in [-0.2, -0.15) is 0 Å². The molecule has 0 aliphatic heterocycles. The highest BCUT2D eigenvalue weighted by Crippen LogP contribution is 2.38. The molecule has 3 unspecified atom stereocenters. The normalized spacial score (nSPS) is 28.4. The van der Waals surface area contributed by atoms with E-state index in [1.165, 1.54) is 25.7 Å². The molecule has 1 saturated carbocycles. The lowest BCUT2D eigenvalue weighted by atomic mass is 9.71. The van der Waals surface area contributed by atoms with Gasteiger partial charge < -0.3 is 10.0 Å². The Bertz CT molecular complexity index is 223. The molecule has 3 atom stereocenters. The molecule has 0 amide bonds. The van der Waals surface area contributed by atoms with Crippen molar-refractivity contribution >= 4 is 0 Å². The number of hydrogen-bond acceptors (Lipinski definition) is 2. The maximum Gasteiger partial charge on any atom is 0.0751 e. The van der Waals surface area contributed by atoms with Gasteiger partial charge in [0.05, 0.1) is 6.10 Å². The van der Waals surface area contributed by atoms with Crippen LogP contribution in [0.3, 0.4) is 0 Å². The molecule has 0 heterocycles. The van der Waals surface area contributed by atoms with Gasteiger partial charge in [0.2, 0.25) is 0 Å². The fourth-order valence-corrected chi connectivity index (χ4v) is 3.77. The fraction of sp³-hybridized carbons (Fsp3) is 1.00. The van der Waals surface area contributed by atoms with Gasteiger partial charge in [0.1, 0.15) is 0 Å². The van der Waals surface area contributed by atoms with Gasteiger partial charge in [0.25, 0.3) is 0 Å². The van der Waals surface area contributed by atoms with Gasteiger partial charge in [-0.25, -0.2) is 0 Å². The maximum atomic E-state index is 10.8. The Morgan fingerprint density at radius 3 is 2.24 bits per heavy atom. The third-order valence-electron chi connectivity index (χ3n) is 5.09. The van der Waals surface area contributed by atoms with Crippen LogP contribution in [-0.4, -0.2) is 35.7 Å². The van der Waals surface area contributed by atoms with Crippen LogP contribution in [-0.2, 0) is 0 Å². The molecule has 1 aliphatic rings. The Balaban J connectivity index is 2.79. The Hall–Kier alpha value is -0.0800. The first-order chi connectivity index (χ1) is 7.97. The molecule has 1 aliphatic carbocycles. The first kappa shape index (κ1) is 15.0. The van der Waals surface area contributed by atoms with E-state index in [9.17, 15) is 5.11 Å². The van der Waals surface area contributed by atoms with Crippen LogP contribution in [0.4, 0.5) is 0 Å². The van der Waals surface area contributed by atoms with E-state index in [-0.39, 0.29) is 11.6 Å². The van der Waals surface area contributed by atoms with Crippen LogP contribution in [0.15, 0.2) is 0 Å². The number of aliphatic hydroxyl groups excluding tert-OH is 1. The summed E-state index contributed by atoms with van der Waals surface area (Å²) in [6.45, 7) is 6.74. The molecule has 0 bridgehead atoms. The van der Waals surface area contributed by atoms with Gasteiger partial charge in [-0.3, -0.25) is 0 Å². The molecular formula is C15H31NO. The van der Waals surface area contributed by atoms with Gasteiger partial charge in [-0.05, 0) is 51.6 Å². The Morgan fingerprint density at radius 2 is 1.82 bits per heavy atom. The Labute approximate surface area is 107 Å². The lowest BCUT2D eigenvalue weighted by Crippen LogP contribution is -2.56. The second-order valence-corrected chi connectivity index (χ2v) is 6.18. The molecule has 1 rings (SSSR count). The maximum absolute atomic E-state index is 10.8. The van der Waals surface area contributed by atoms with Crippen LogP contribution < -0.4 is 0 Å². The van der Waals surface area contributed by atoms with Crippen LogP contribution in [0.2, 0.25) is 0 Å². The fourth-order valence-electron chi connectivity index (χ4n) is 3.77. The molecule has 0 aromatic heterocycles. The molecular weight excluding hydrogens is 210 g/mol. The summed E-state index contributed by atoms with van der Waals surface area (Å²) >= 11 is 0. The minimum Gasteiger partial charge on any atom is -0.391 e. The summed E-state index contributed by atoms with van der Waals surface area (Å²) in [5.74, 6) is 1.29. The van der Waals surface area contributed by atoms with Gasteiger partial charge in [0.15, 0.2) is 0 Å². The molecule has 0 aromatic rings. The van der Waals surface area contributed by atoms with Crippen LogP contribution in [0.5, 0.6) is 0 Å². The predicted octanol–water partition coefficient (Wildman–Crippen LogP) is 3.29. The molecule has 2 nitrogen and oxygen atoms in total. The highest BCUT2D eigenvalue weighted by Gasteiger charge is 2.41. The number of likely N-dealkylation sites (N-methyl/N-ethyl adjacent to an activating group) is 1. The van der Waals surface area contributed by atoms with Crippen molar-refractivity contribution in [1.82, 2.24) is 4.90 Å². The molecule has 1 fully saturated rings. The smallest absolute Gasteiger partial charge is 0.0751 e. The zero-order chi connectivity index (χ0) is 13.1. The number of aliphatic hydroxyl groups is 1. The van der Waals surface area contributed by atoms with E-state index in [0.717, 1.165) is 18.8 Å². The second-order valence-electron chi connectivity index (χ2n) is 6.18. The van der Waals surface area contributed by atoms with Gasteiger partial charge in [-0.15, -0.1) is 0 Å². The van der Waals surface area contributed by atoms with Crippen molar-refractivity contribution in [3.05, 3.63) is 0 Å². The van der Waals surface area contributed by atoms with E-state index in [1.807, 2.05) is 0 Å². The van der Waals surface area contributed by atoms with Crippen molar-refractivity contribution < 1.29 is 5.11 Å². The molecule has 17 heavy (non-hydrogen) atoms. The van der Waals surface area contributed by atoms with Crippen LogP contribution >= 0.6 is 0 Å². The summed E-state index contributed by atoms with van der Waals surface area (Å²) in [7, 11) is 4.23. The minimum atomic E-state index is -0.171. The zero-order valence-electron chi connectivity index (χ0n) is 12.4. The first-order valence-electron chi connectivity index (χ1n) is 7.33. The van der Waals surface area contributed by atoms with Crippen molar-refractivity contribution in [3.8, 4) is 0 Å². The molecule has 102 valence electrons. The second kappa shape index (κ2) is 6.19. The lowest BCUT2D eigenvalue weighted by molar-refractivity contribution is -0.0597. The number of nitrogens with zero attached hydrogens (tertiary/aromatic N) is 1. The van der Waals surface area contributed by atoms with Crippen molar-refractivity contribution in [3.63, 3.8) is 0 Å². The monoisotopic (exact) mass is 241 g/mol. The van der Waals surface area contributed by atoms with Crippen molar-refractivity contribution in [1.29, 1.82) is 0 Å². The van der Waals surface area contributed by atoms with E-state index < -0.39 is 0 Å². The zero-order valence-corrected chi connectivity index (χ0v) is 12.4. The van der Waals surface area contributed by atoms with Crippen molar-refractivity contribution in [2.75, 3.05) is 14.1 Å². The van der Waals surface area contributed by atoms with E-state index in [4.69, 9.17) is 0 Å². The molecule has 0 spiro atoms. The predicted molar refractivity (Wildman–Crippen MR) is 74.1 cm³/mol. The first-order valence-corrected chi connectivity index (χ1v) is 7.33. The minimum absolute atomic E-state index is 0.0261. The third kappa shape index (κ3) is 3.03. The summed E-state index contributed by atoms with van der Waals surface area (Å²) in [5, 5.41) is 10.8. The standard InChI is InChI=1S/C15H31NO/c1-6-15(7-2,16(4)5)14(17)13-10-8-9-12(3)11-13/h12-14,17H,6-11H2,1-5H3. The average molecular weight is 241 g/mol. The van der Waals surface area contributed by atoms with Crippen LogP contribution in [0, 0.1) is 11.8 Å². The van der Waals surface area contributed by atoms with Crippen LogP contribution in [0.1, 0.15) is 59.3 Å². The summed E-state index contributed by atoms with van der Waals surface area (Å²) in [5.41, 5.74) is -0.0261. The largest absolute Gasteiger partial charge is 0.391 e. The quantitative estimate of drug-likeness (QED) is 0.798. The lowest BCUT2D eigenvalue weighted by Gasteiger charge is -2.47. The summed E-state index contributed by atoms with van der Waals surface area (Å²) < 4.78 is 0. The van der Waals surface area contributed by atoms with Crippen molar-refractivity contribution in [2.24, 2.45) is 11.8 Å². The van der Waals surface area contributed by atoms with E-state index >= 15 is 0 Å². The van der Waals surface area contributed by atoms with Gasteiger partial charge in [0, 0.05) is 5.54 Å². The van der Waals surface area contributed by atoms with E-state index in [2.05, 4.69) is 39.8 Å². The summed E-state index contributed by atoms with van der Waals surface area (Å²) in [6, 6.07) is 0. The highest BCUT2D eigenvalue weighted by atomic mass is 16.3. The van der Waals surface area contributed by atoms with Crippen molar-refractivity contribution in [2.45, 2.75) is 70.9 Å². The topological polar surface area (TPSA) is 23.5 Å². The molecule has 2 heteroatoms. The van der Waals surface area contributed by atoms with E-state index in [0.29, 0.717) is 5.92 Å². The Morgan fingerprint density at radius 1 is 1.24 bits per heavy atom. The van der Waals surface area contributed by atoms with E-state index in [1.54, 1.807) is 0 Å². The summed E-state index contributed by atoms with van der Waals surface area (Å²) in [4.78, 5) is 2.25. The SMILES string of the molecule is CCC(CC)(C(O)C1CCCC(C)C1)N(C)C. The van der Waals surface area contributed by atoms with Gasteiger partial charge in [-0.1, -0.05) is 33.6 Å². The molecule has 0 aromatic carbocycles. The molecule has 0 saturated heterocycles. The third-order valence-corrected chi connectivity index (χ3v) is 5.09.